The largest absolute Gasteiger partial charge is 0.497 e. The number of imide groups is 1. The monoisotopic (exact) mass is 453 g/mol. The zero-order valence-electron chi connectivity index (χ0n) is 19.2. The number of hydrogen-bond acceptors (Lipinski definition) is 5. The Labute approximate surface area is 199 Å². The minimum atomic E-state index is -0.370. The standard InChI is InChI=1S/C28H27N3O3/c1-34-24-16-10-21(11-17-24)29-26-25(20-8-4-2-5-9-20)27(32)31(28(26)33)23-14-12-22(13-15-23)30-18-6-3-7-19-30/h2,4-5,8-17,29H,3,6-7,18-19H2,1H3. The van der Waals surface area contributed by atoms with Crippen LogP contribution in [0.15, 0.2) is 84.6 Å². The van der Waals surface area contributed by atoms with E-state index in [1.807, 2.05) is 78.9 Å². The van der Waals surface area contributed by atoms with Crippen LogP contribution >= 0.6 is 0 Å². The van der Waals surface area contributed by atoms with Crippen molar-refractivity contribution in [3.63, 3.8) is 0 Å². The molecule has 5 rings (SSSR count). The Morgan fingerprint density at radius 3 is 2.03 bits per heavy atom. The summed E-state index contributed by atoms with van der Waals surface area (Å²) in [6.07, 6.45) is 3.65. The molecule has 0 saturated carbocycles. The van der Waals surface area contributed by atoms with E-state index in [1.165, 1.54) is 24.2 Å². The first-order valence-corrected chi connectivity index (χ1v) is 11.6. The van der Waals surface area contributed by atoms with Crippen LogP contribution < -0.4 is 19.9 Å². The lowest BCUT2D eigenvalue weighted by atomic mass is 10.0. The van der Waals surface area contributed by atoms with Gasteiger partial charge in [-0.25, -0.2) is 4.90 Å². The van der Waals surface area contributed by atoms with E-state index in [9.17, 15) is 9.59 Å². The smallest absolute Gasteiger partial charge is 0.282 e. The van der Waals surface area contributed by atoms with Crippen LogP contribution in [0.25, 0.3) is 5.57 Å². The van der Waals surface area contributed by atoms with Gasteiger partial charge in [0.15, 0.2) is 0 Å². The summed E-state index contributed by atoms with van der Waals surface area (Å²) < 4.78 is 5.22. The van der Waals surface area contributed by atoms with Gasteiger partial charge >= 0.3 is 0 Å². The molecule has 2 aliphatic rings. The zero-order chi connectivity index (χ0) is 23.5. The van der Waals surface area contributed by atoms with Gasteiger partial charge in [-0.1, -0.05) is 30.3 Å². The lowest BCUT2D eigenvalue weighted by Crippen LogP contribution is -2.32. The first-order chi connectivity index (χ1) is 16.7. The minimum absolute atomic E-state index is 0.265. The third-order valence-corrected chi connectivity index (χ3v) is 6.33. The van der Waals surface area contributed by atoms with Crippen molar-refractivity contribution in [2.24, 2.45) is 0 Å². The predicted molar refractivity (Wildman–Crippen MR) is 135 cm³/mol. The van der Waals surface area contributed by atoms with Crippen LogP contribution in [0.2, 0.25) is 0 Å². The van der Waals surface area contributed by atoms with Crippen molar-refractivity contribution in [3.05, 3.63) is 90.1 Å². The second kappa shape index (κ2) is 9.43. The van der Waals surface area contributed by atoms with E-state index in [1.54, 1.807) is 7.11 Å². The van der Waals surface area contributed by atoms with Crippen LogP contribution in [0.3, 0.4) is 0 Å². The summed E-state index contributed by atoms with van der Waals surface area (Å²) in [5.41, 5.74) is 3.71. The Morgan fingerprint density at radius 1 is 0.735 bits per heavy atom. The highest BCUT2D eigenvalue weighted by Gasteiger charge is 2.40. The van der Waals surface area contributed by atoms with Crippen molar-refractivity contribution >= 4 is 34.4 Å². The fraction of sp³-hybridized carbons (Fsp3) is 0.214. The van der Waals surface area contributed by atoms with Crippen LogP contribution in [0.1, 0.15) is 24.8 Å². The molecule has 2 aliphatic heterocycles. The van der Waals surface area contributed by atoms with Gasteiger partial charge in [0.25, 0.3) is 11.8 Å². The van der Waals surface area contributed by atoms with Gasteiger partial charge < -0.3 is 15.0 Å². The highest BCUT2D eigenvalue weighted by Crippen LogP contribution is 2.35. The number of ether oxygens (including phenoxy) is 1. The maximum absolute atomic E-state index is 13.6. The summed E-state index contributed by atoms with van der Waals surface area (Å²) in [7, 11) is 1.60. The number of methoxy groups -OCH3 is 1. The second-order valence-electron chi connectivity index (χ2n) is 8.48. The number of anilines is 3. The van der Waals surface area contributed by atoms with E-state index in [-0.39, 0.29) is 17.5 Å². The number of benzene rings is 3. The average molecular weight is 454 g/mol. The minimum Gasteiger partial charge on any atom is -0.497 e. The number of carbonyl (C=O) groups is 2. The highest BCUT2D eigenvalue weighted by molar-refractivity contribution is 6.46. The Bertz CT molecular complexity index is 1210. The van der Waals surface area contributed by atoms with Gasteiger partial charge in [0, 0.05) is 24.5 Å². The van der Waals surface area contributed by atoms with Crippen LogP contribution in [-0.4, -0.2) is 32.0 Å². The number of hydrogen-bond donors (Lipinski definition) is 1. The summed E-state index contributed by atoms with van der Waals surface area (Å²) in [6.45, 7) is 2.08. The second-order valence-corrected chi connectivity index (χ2v) is 8.48. The molecule has 3 aromatic rings. The molecule has 0 spiro atoms. The van der Waals surface area contributed by atoms with Gasteiger partial charge in [-0.05, 0) is 73.4 Å². The van der Waals surface area contributed by atoms with E-state index >= 15 is 0 Å². The lowest BCUT2D eigenvalue weighted by molar-refractivity contribution is -0.120. The van der Waals surface area contributed by atoms with Crippen LogP contribution in [0.4, 0.5) is 17.1 Å². The number of nitrogens with zero attached hydrogens (tertiary/aromatic N) is 2. The van der Waals surface area contributed by atoms with Gasteiger partial charge in [0.2, 0.25) is 0 Å². The molecule has 1 N–H and O–H groups in total. The normalized spacial score (nSPS) is 16.3. The molecule has 1 fully saturated rings. The first-order valence-electron chi connectivity index (χ1n) is 11.6. The van der Waals surface area contributed by atoms with Crippen molar-refractivity contribution in [1.29, 1.82) is 0 Å². The number of piperidine rings is 1. The van der Waals surface area contributed by atoms with Crippen LogP contribution in [0.5, 0.6) is 5.75 Å². The fourth-order valence-corrected chi connectivity index (χ4v) is 4.54. The van der Waals surface area contributed by atoms with Crippen LogP contribution in [0, 0.1) is 0 Å². The predicted octanol–water partition coefficient (Wildman–Crippen LogP) is 5.08. The molecule has 0 radical (unpaired) electrons. The molecule has 0 aliphatic carbocycles. The Hall–Kier alpha value is -4.06. The Kier molecular flexibility index (Phi) is 6.04. The number of amides is 2. The molecule has 0 unspecified atom stereocenters. The summed E-state index contributed by atoms with van der Waals surface area (Å²) in [5, 5.41) is 3.19. The van der Waals surface area contributed by atoms with Gasteiger partial charge in [-0.15, -0.1) is 0 Å². The van der Waals surface area contributed by atoms with Crippen molar-refractivity contribution in [3.8, 4) is 5.75 Å². The Balaban J connectivity index is 1.47. The van der Waals surface area contributed by atoms with Crippen molar-refractivity contribution in [1.82, 2.24) is 0 Å². The number of nitrogens with one attached hydrogen (secondary N) is 1. The maximum atomic E-state index is 13.6. The molecule has 1 saturated heterocycles. The summed E-state index contributed by atoms with van der Waals surface area (Å²) in [5.74, 6) is 0.00962. The van der Waals surface area contributed by atoms with E-state index in [2.05, 4.69) is 10.2 Å². The summed E-state index contributed by atoms with van der Waals surface area (Å²) in [6, 6.07) is 24.3. The van der Waals surface area contributed by atoms with E-state index in [0.717, 1.165) is 18.8 Å². The highest BCUT2D eigenvalue weighted by atomic mass is 16.5. The Morgan fingerprint density at radius 2 is 1.38 bits per heavy atom. The quantitative estimate of drug-likeness (QED) is 0.527. The van der Waals surface area contributed by atoms with Gasteiger partial charge in [-0.3, -0.25) is 9.59 Å². The number of carbonyl (C=O) groups excluding carboxylic acids is 2. The van der Waals surface area contributed by atoms with E-state index < -0.39 is 0 Å². The summed E-state index contributed by atoms with van der Waals surface area (Å²) in [4.78, 5) is 30.8. The lowest BCUT2D eigenvalue weighted by Gasteiger charge is -2.29. The third kappa shape index (κ3) is 4.15. The molecule has 2 amide bonds. The fourth-order valence-electron chi connectivity index (χ4n) is 4.54. The zero-order valence-corrected chi connectivity index (χ0v) is 19.2. The first kappa shape index (κ1) is 21.8. The molecule has 3 aromatic carbocycles. The molecular weight excluding hydrogens is 426 g/mol. The molecule has 2 heterocycles. The van der Waals surface area contributed by atoms with Crippen molar-refractivity contribution in [2.75, 3.05) is 35.3 Å². The molecule has 34 heavy (non-hydrogen) atoms. The van der Waals surface area contributed by atoms with Crippen molar-refractivity contribution in [2.45, 2.75) is 19.3 Å². The molecule has 0 atom stereocenters. The SMILES string of the molecule is COc1ccc(NC2=C(c3ccccc3)C(=O)N(c3ccc(N4CCCCC4)cc3)C2=O)cc1. The molecule has 6 heteroatoms. The topological polar surface area (TPSA) is 61.9 Å². The average Bonchev–Trinajstić information content (AvgIpc) is 3.14. The van der Waals surface area contributed by atoms with Gasteiger partial charge in [0.1, 0.15) is 11.4 Å². The third-order valence-electron chi connectivity index (χ3n) is 6.33. The summed E-state index contributed by atoms with van der Waals surface area (Å²) >= 11 is 0. The molecule has 0 aromatic heterocycles. The van der Waals surface area contributed by atoms with E-state index in [4.69, 9.17) is 4.74 Å². The molecule has 6 nitrogen and oxygen atoms in total. The van der Waals surface area contributed by atoms with E-state index in [0.29, 0.717) is 28.3 Å². The van der Waals surface area contributed by atoms with Gasteiger partial charge in [-0.2, -0.15) is 0 Å². The number of rotatable bonds is 6. The molecule has 0 bridgehead atoms. The molecule has 172 valence electrons. The van der Waals surface area contributed by atoms with Gasteiger partial charge in [0.05, 0.1) is 18.4 Å². The van der Waals surface area contributed by atoms with Crippen molar-refractivity contribution < 1.29 is 14.3 Å². The van der Waals surface area contributed by atoms with Crippen LogP contribution in [-0.2, 0) is 9.59 Å². The maximum Gasteiger partial charge on any atom is 0.282 e. The molecular formula is C28H27N3O3.